The van der Waals surface area contributed by atoms with Gasteiger partial charge in [0, 0.05) is 18.9 Å². The van der Waals surface area contributed by atoms with Crippen molar-refractivity contribution in [3.05, 3.63) is 71.8 Å². The molecule has 0 N–H and O–H groups in total. The van der Waals surface area contributed by atoms with Gasteiger partial charge in [-0.05, 0) is 18.1 Å². The van der Waals surface area contributed by atoms with Crippen LogP contribution in [0, 0.1) is 0 Å². The second-order valence-electron chi connectivity index (χ2n) is 7.44. The number of hydrogen-bond donors (Lipinski definition) is 0. The van der Waals surface area contributed by atoms with Gasteiger partial charge in [-0.3, -0.25) is 13.6 Å². The van der Waals surface area contributed by atoms with Crippen LogP contribution in [0.25, 0.3) is 0 Å². The molecule has 1 aliphatic heterocycles. The van der Waals surface area contributed by atoms with E-state index in [9.17, 15) is 4.57 Å². The van der Waals surface area contributed by atoms with Crippen molar-refractivity contribution in [2.24, 2.45) is 0 Å². The summed E-state index contributed by atoms with van der Waals surface area (Å²) in [5.74, 6) is 0. The number of phosphoric ester groups is 1. The fourth-order valence-electron chi connectivity index (χ4n) is 3.31. The van der Waals surface area contributed by atoms with Crippen molar-refractivity contribution in [2.45, 2.75) is 43.9 Å². The van der Waals surface area contributed by atoms with Crippen molar-refractivity contribution in [1.29, 1.82) is 0 Å². The summed E-state index contributed by atoms with van der Waals surface area (Å²) in [6, 6.07) is 18.6. The van der Waals surface area contributed by atoms with E-state index in [0.29, 0.717) is 0 Å². The van der Waals surface area contributed by atoms with Crippen LogP contribution in [0.4, 0.5) is 0 Å². The molecule has 1 saturated heterocycles. The first-order chi connectivity index (χ1) is 14.9. The maximum absolute atomic E-state index is 13.4. The highest BCUT2D eigenvalue weighted by molar-refractivity contribution is 7.48. The molecule has 0 radical (unpaired) electrons. The molecule has 11 heteroatoms. The number of phosphoric acid groups is 1. The second-order valence-corrected chi connectivity index (χ2v) is 9.61. The maximum Gasteiger partial charge on any atom is 0.475 e. The molecule has 2 aromatic rings. The SMILES string of the molecule is B[C@@H]1O[C@H](COP(=O)(OCc2ccccc2)OCc2ccccc2)[C@@H](OP)[C@@]1(C)OP. The Hall–Kier alpha value is -0.645. The van der Waals surface area contributed by atoms with Gasteiger partial charge in [-0.15, -0.1) is 0 Å². The first-order valence-corrected chi connectivity index (χ1v) is 12.3. The van der Waals surface area contributed by atoms with Gasteiger partial charge < -0.3 is 13.8 Å². The molecule has 0 aliphatic carbocycles. The molecule has 1 aliphatic rings. The van der Waals surface area contributed by atoms with Crippen molar-refractivity contribution in [3.8, 4) is 0 Å². The predicted octanol–water partition coefficient (Wildman–Crippen LogP) is 3.64. The molecule has 0 spiro atoms. The summed E-state index contributed by atoms with van der Waals surface area (Å²) < 4.78 is 47.5. The van der Waals surface area contributed by atoms with Crippen LogP contribution in [-0.2, 0) is 45.1 Å². The Morgan fingerprint density at radius 1 is 0.968 bits per heavy atom. The third-order valence-electron chi connectivity index (χ3n) is 5.35. The molecule has 2 unspecified atom stereocenters. The molecule has 3 rings (SSSR count). The monoisotopic (exact) mass is 484 g/mol. The summed E-state index contributed by atoms with van der Waals surface area (Å²) in [7, 11) is 2.47. The topological polar surface area (TPSA) is 72.5 Å². The highest BCUT2D eigenvalue weighted by atomic mass is 31.2. The summed E-state index contributed by atoms with van der Waals surface area (Å²) in [5, 5.41) is 0. The molecule has 0 aromatic heterocycles. The van der Waals surface area contributed by atoms with E-state index >= 15 is 0 Å². The lowest BCUT2D eigenvalue weighted by Gasteiger charge is -2.31. The van der Waals surface area contributed by atoms with Gasteiger partial charge in [0.15, 0.2) is 0 Å². The van der Waals surface area contributed by atoms with E-state index in [1.807, 2.05) is 75.4 Å². The molecule has 1 heterocycles. The molecule has 0 saturated carbocycles. The minimum Gasteiger partial charge on any atom is -0.376 e. The van der Waals surface area contributed by atoms with Crippen molar-refractivity contribution in [3.63, 3.8) is 0 Å². The van der Waals surface area contributed by atoms with Crippen LogP contribution in [0.2, 0.25) is 0 Å². The second kappa shape index (κ2) is 11.5. The molecule has 168 valence electrons. The molecule has 2 aromatic carbocycles. The quantitative estimate of drug-likeness (QED) is 0.356. The van der Waals surface area contributed by atoms with Gasteiger partial charge in [-0.1, -0.05) is 60.7 Å². The number of rotatable bonds is 11. The minimum absolute atomic E-state index is 0.0477. The summed E-state index contributed by atoms with van der Waals surface area (Å²) in [4.78, 5) is 0. The van der Waals surface area contributed by atoms with E-state index in [1.54, 1.807) is 0 Å². The lowest BCUT2D eigenvalue weighted by molar-refractivity contribution is -0.00438. The van der Waals surface area contributed by atoms with Gasteiger partial charge >= 0.3 is 7.82 Å². The number of benzene rings is 2. The van der Waals surface area contributed by atoms with Crippen molar-refractivity contribution < 1.29 is 31.9 Å². The Labute approximate surface area is 189 Å². The summed E-state index contributed by atoms with van der Waals surface area (Å²) in [6.45, 7) is 2.01. The van der Waals surface area contributed by atoms with Crippen LogP contribution < -0.4 is 0 Å². The molecular formula is C20H28BO7P3. The van der Waals surface area contributed by atoms with Gasteiger partial charge in [-0.2, -0.15) is 0 Å². The normalized spacial score (nSPS) is 26.2. The first-order valence-electron chi connectivity index (χ1n) is 9.90. The Balaban J connectivity index is 1.69. The standard InChI is InChI=1S/C20H28BO7P3/c1-20(28-30)18(27-29)17(26-19(20)21)14-25-31(22,23-12-15-8-4-2-5-9-15)24-13-16-10-6-3-7-11-16/h2-11,17-19H,12-14,21,29-30H2,1H3/t17-,18-,19-,20-/m1/s1. The van der Waals surface area contributed by atoms with Gasteiger partial charge in [0.25, 0.3) is 0 Å². The zero-order valence-corrected chi connectivity index (χ0v) is 20.8. The summed E-state index contributed by atoms with van der Waals surface area (Å²) >= 11 is 0. The Morgan fingerprint density at radius 3 is 1.94 bits per heavy atom. The van der Waals surface area contributed by atoms with Gasteiger partial charge in [-0.25, -0.2) is 4.57 Å². The van der Waals surface area contributed by atoms with E-state index in [-0.39, 0.29) is 25.8 Å². The summed E-state index contributed by atoms with van der Waals surface area (Å²) in [5.41, 5.74) is 1.01. The lowest BCUT2D eigenvalue weighted by Crippen LogP contribution is -2.47. The smallest absolute Gasteiger partial charge is 0.376 e. The molecule has 0 amide bonds. The van der Waals surface area contributed by atoms with Crippen LogP contribution in [-0.4, -0.2) is 38.3 Å². The predicted molar refractivity (Wildman–Crippen MR) is 127 cm³/mol. The Kier molecular flexibility index (Phi) is 9.25. The maximum atomic E-state index is 13.4. The third-order valence-corrected chi connectivity index (χ3v) is 7.51. The number of ether oxygens (including phenoxy) is 1. The lowest BCUT2D eigenvalue weighted by atomic mass is 9.82. The Morgan fingerprint density at radius 2 is 1.48 bits per heavy atom. The first kappa shape index (κ1) is 25.0. The third kappa shape index (κ3) is 6.45. The molecule has 1 fully saturated rings. The average Bonchev–Trinajstić information content (AvgIpc) is 3.06. The average molecular weight is 484 g/mol. The van der Waals surface area contributed by atoms with Gasteiger partial charge in [0.1, 0.15) is 25.7 Å². The van der Waals surface area contributed by atoms with Crippen molar-refractivity contribution in [2.75, 3.05) is 6.61 Å². The van der Waals surface area contributed by atoms with Crippen LogP contribution in [0.3, 0.4) is 0 Å². The van der Waals surface area contributed by atoms with E-state index < -0.39 is 25.6 Å². The van der Waals surface area contributed by atoms with Crippen molar-refractivity contribution >= 4 is 34.6 Å². The highest BCUT2D eigenvalue weighted by Crippen LogP contribution is 2.52. The van der Waals surface area contributed by atoms with Gasteiger partial charge in [0.05, 0.1) is 25.8 Å². The molecule has 6 atom stereocenters. The van der Waals surface area contributed by atoms with E-state index in [2.05, 4.69) is 18.9 Å². The summed E-state index contributed by atoms with van der Waals surface area (Å²) in [6.07, 6.45) is -0.978. The minimum atomic E-state index is -3.90. The fourth-order valence-corrected chi connectivity index (χ4v) is 5.25. The number of hydrogen-bond acceptors (Lipinski definition) is 7. The van der Waals surface area contributed by atoms with E-state index in [4.69, 9.17) is 27.4 Å². The van der Waals surface area contributed by atoms with E-state index in [1.165, 1.54) is 0 Å². The van der Waals surface area contributed by atoms with Crippen LogP contribution in [0.5, 0.6) is 0 Å². The fraction of sp³-hybridized carbons (Fsp3) is 0.400. The Bertz CT molecular complexity index is 813. The zero-order valence-electron chi connectivity index (χ0n) is 17.6. The largest absolute Gasteiger partial charge is 0.475 e. The highest BCUT2D eigenvalue weighted by Gasteiger charge is 2.53. The molecule has 7 nitrogen and oxygen atoms in total. The van der Waals surface area contributed by atoms with Crippen LogP contribution in [0.1, 0.15) is 18.1 Å². The van der Waals surface area contributed by atoms with Crippen LogP contribution in [0.15, 0.2) is 60.7 Å². The van der Waals surface area contributed by atoms with Crippen LogP contribution >= 0.6 is 26.8 Å². The molecule has 0 bridgehead atoms. The molecular weight excluding hydrogens is 456 g/mol. The zero-order chi connectivity index (χ0) is 22.3. The van der Waals surface area contributed by atoms with Crippen molar-refractivity contribution in [1.82, 2.24) is 0 Å². The molecule has 31 heavy (non-hydrogen) atoms. The van der Waals surface area contributed by atoms with E-state index in [0.717, 1.165) is 11.1 Å². The van der Waals surface area contributed by atoms with Gasteiger partial charge in [0.2, 0.25) is 0 Å².